The zero-order valence-electron chi connectivity index (χ0n) is 24.4. The van der Waals surface area contributed by atoms with Crippen LogP contribution in [0, 0.1) is 11.6 Å². The van der Waals surface area contributed by atoms with Crippen LogP contribution >= 0.6 is 0 Å². The van der Waals surface area contributed by atoms with Crippen molar-refractivity contribution in [3.63, 3.8) is 0 Å². The predicted molar refractivity (Wildman–Crippen MR) is 160 cm³/mol. The van der Waals surface area contributed by atoms with Crippen molar-refractivity contribution in [2.24, 2.45) is 0 Å². The number of aromatic nitrogens is 2. The van der Waals surface area contributed by atoms with Gasteiger partial charge in [0, 0.05) is 18.2 Å². The van der Waals surface area contributed by atoms with E-state index in [0.717, 1.165) is 30.6 Å². The average molecular weight is 600 g/mol. The van der Waals surface area contributed by atoms with Crippen molar-refractivity contribution in [3.8, 4) is 22.8 Å². The molecule has 226 valence electrons. The Morgan fingerprint density at radius 2 is 1.84 bits per heavy atom. The third-order valence-corrected chi connectivity index (χ3v) is 8.56. The van der Waals surface area contributed by atoms with E-state index in [1.807, 2.05) is 18.2 Å². The number of fused-ring (bicyclic) bond motifs is 1. The first kappa shape index (κ1) is 28.0. The molecule has 2 aromatic heterocycles. The van der Waals surface area contributed by atoms with Crippen LogP contribution < -0.4 is 19.7 Å². The van der Waals surface area contributed by atoms with Crippen molar-refractivity contribution >= 4 is 23.1 Å². The van der Waals surface area contributed by atoms with E-state index in [1.165, 1.54) is 24.3 Å². The molecule has 44 heavy (non-hydrogen) atoms. The van der Waals surface area contributed by atoms with E-state index >= 15 is 0 Å². The van der Waals surface area contributed by atoms with Crippen molar-refractivity contribution < 1.29 is 27.8 Å². The van der Waals surface area contributed by atoms with E-state index in [-0.39, 0.29) is 35.8 Å². The van der Waals surface area contributed by atoms with E-state index < -0.39 is 11.6 Å². The number of hydrogen-bond donors (Lipinski definition) is 1. The van der Waals surface area contributed by atoms with Gasteiger partial charge in [0.1, 0.15) is 29.0 Å². The Bertz CT molecular complexity index is 1730. The molecule has 0 bridgehead atoms. The molecule has 11 heteroatoms. The summed E-state index contributed by atoms with van der Waals surface area (Å²) in [6, 6.07) is 14.4. The molecule has 4 aromatic rings. The van der Waals surface area contributed by atoms with E-state index in [4.69, 9.17) is 14.2 Å². The number of nitrogens with zero attached hydrogens (tertiary/aromatic N) is 4. The van der Waals surface area contributed by atoms with Crippen LogP contribution in [0.2, 0.25) is 0 Å². The van der Waals surface area contributed by atoms with E-state index in [2.05, 4.69) is 20.2 Å². The minimum absolute atomic E-state index is 0.0575. The minimum Gasteiger partial charge on any atom is -0.497 e. The fraction of sp³-hybridized carbons (Fsp3) is 0.303. The van der Waals surface area contributed by atoms with Crippen LogP contribution in [0.3, 0.4) is 0 Å². The molecule has 1 aliphatic carbocycles. The van der Waals surface area contributed by atoms with Crippen LogP contribution in [-0.4, -0.2) is 60.3 Å². The van der Waals surface area contributed by atoms with Gasteiger partial charge in [0.15, 0.2) is 0 Å². The van der Waals surface area contributed by atoms with Gasteiger partial charge in [-0.05, 0) is 55.3 Å². The van der Waals surface area contributed by atoms with Crippen molar-refractivity contribution in [2.45, 2.75) is 31.5 Å². The molecule has 3 aliphatic rings. The number of nitrogens with one attached hydrogen (secondary N) is 1. The van der Waals surface area contributed by atoms with Gasteiger partial charge in [-0.2, -0.15) is 0 Å². The molecule has 7 rings (SSSR count). The van der Waals surface area contributed by atoms with Gasteiger partial charge in [0.25, 0.3) is 5.91 Å². The van der Waals surface area contributed by atoms with Gasteiger partial charge >= 0.3 is 0 Å². The molecule has 2 aliphatic heterocycles. The molecule has 1 spiro atoms. The molecule has 1 amide bonds. The number of carbonyl (C=O) groups is 1. The second kappa shape index (κ2) is 11.1. The first-order valence-electron chi connectivity index (χ1n) is 14.5. The number of amides is 1. The Balaban J connectivity index is 1.23. The smallest absolute Gasteiger partial charge is 0.258 e. The second-order valence-corrected chi connectivity index (χ2v) is 11.3. The summed E-state index contributed by atoms with van der Waals surface area (Å²) in [5, 5.41) is 3.24. The highest BCUT2D eigenvalue weighted by Crippen LogP contribution is 2.46. The van der Waals surface area contributed by atoms with Gasteiger partial charge < -0.3 is 29.3 Å². The third kappa shape index (κ3) is 4.96. The zero-order valence-corrected chi connectivity index (χ0v) is 24.4. The largest absolute Gasteiger partial charge is 0.497 e. The highest BCUT2D eigenvalue weighted by molar-refractivity contribution is 6.04. The molecule has 1 saturated heterocycles. The molecule has 4 heterocycles. The lowest BCUT2D eigenvalue weighted by atomic mass is 10.1. The number of hydrogen-bond acceptors (Lipinski definition) is 8. The van der Waals surface area contributed by atoms with Crippen LogP contribution in [0.25, 0.3) is 11.3 Å². The number of carbonyl (C=O) groups excluding carboxylic acids is 1. The maximum atomic E-state index is 14.9. The van der Waals surface area contributed by atoms with Crippen molar-refractivity contribution in [1.82, 2.24) is 14.9 Å². The number of benzene rings is 2. The third-order valence-electron chi connectivity index (χ3n) is 8.56. The van der Waals surface area contributed by atoms with Crippen LogP contribution in [0.5, 0.6) is 11.5 Å². The fourth-order valence-electron chi connectivity index (χ4n) is 6.10. The Hall–Kier alpha value is -4.77. The van der Waals surface area contributed by atoms with Gasteiger partial charge in [-0.15, -0.1) is 0 Å². The van der Waals surface area contributed by atoms with Crippen molar-refractivity contribution in [3.05, 3.63) is 89.2 Å². The van der Waals surface area contributed by atoms with Crippen LogP contribution in [0.15, 0.2) is 60.8 Å². The van der Waals surface area contributed by atoms with E-state index in [0.29, 0.717) is 47.5 Å². The number of methoxy groups -OCH3 is 2. The molecular formula is C33H31F2N5O4. The Labute approximate surface area is 253 Å². The number of anilines is 3. The standard InChI is InChI=1S/C33H31F2N5O4/c1-42-22-8-6-20(28(14-22)43-2)17-39-18-27-31(32(39)41)26(15-25(37-27)30-23(34)4-3-5-24(30)35)38-29-9-7-21(16-36-29)40-12-13-44-19-33(40)10-11-33/h3-9,14-16H,10-13,17-19H2,1-2H3,(H,36,37,38). The Morgan fingerprint density at radius 3 is 2.55 bits per heavy atom. The summed E-state index contributed by atoms with van der Waals surface area (Å²) in [7, 11) is 3.12. The summed E-state index contributed by atoms with van der Waals surface area (Å²) in [5.41, 5.74) is 2.76. The molecule has 1 saturated carbocycles. The lowest BCUT2D eigenvalue weighted by Gasteiger charge is -2.37. The molecule has 2 aromatic carbocycles. The van der Waals surface area contributed by atoms with Gasteiger partial charge in [-0.1, -0.05) is 6.07 Å². The lowest BCUT2D eigenvalue weighted by Crippen LogP contribution is -2.47. The predicted octanol–water partition coefficient (Wildman–Crippen LogP) is 5.71. The maximum Gasteiger partial charge on any atom is 0.258 e. The monoisotopic (exact) mass is 599 g/mol. The van der Waals surface area contributed by atoms with E-state index in [1.54, 1.807) is 37.4 Å². The summed E-state index contributed by atoms with van der Waals surface area (Å²) in [4.78, 5) is 27.1. The first-order valence-corrected chi connectivity index (χ1v) is 14.5. The lowest BCUT2D eigenvalue weighted by molar-refractivity contribution is 0.0766. The van der Waals surface area contributed by atoms with Crippen molar-refractivity contribution in [1.29, 1.82) is 0 Å². The second-order valence-electron chi connectivity index (χ2n) is 11.3. The number of pyridine rings is 2. The van der Waals surface area contributed by atoms with Crippen LogP contribution in [0.1, 0.15) is 34.5 Å². The highest BCUT2D eigenvalue weighted by Gasteiger charge is 2.50. The summed E-state index contributed by atoms with van der Waals surface area (Å²) >= 11 is 0. The van der Waals surface area contributed by atoms with Gasteiger partial charge in [-0.3, -0.25) is 4.79 Å². The van der Waals surface area contributed by atoms with Gasteiger partial charge in [0.2, 0.25) is 0 Å². The summed E-state index contributed by atoms with van der Waals surface area (Å²) in [6.45, 7) is 2.56. The fourth-order valence-corrected chi connectivity index (χ4v) is 6.10. The number of rotatable bonds is 8. The summed E-state index contributed by atoms with van der Waals surface area (Å²) in [6.07, 6.45) is 3.98. The molecule has 1 N–H and O–H groups in total. The molecule has 0 atom stereocenters. The first-order chi connectivity index (χ1) is 21.4. The van der Waals surface area contributed by atoms with E-state index in [9.17, 15) is 13.6 Å². The SMILES string of the molecule is COc1ccc(CN2Cc3nc(-c4c(F)cccc4F)cc(Nc4ccc(N5CCOCC56CC6)cn4)c3C2=O)c(OC)c1. The average Bonchev–Trinajstić information content (AvgIpc) is 3.72. The quantitative estimate of drug-likeness (QED) is 0.276. The summed E-state index contributed by atoms with van der Waals surface area (Å²) < 4.78 is 46.3. The molecule has 0 unspecified atom stereocenters. The normalized spacial score (nSPS) is 16.7. The Kier molecular flexibility index (Phi) is 7.04. The molecule has 9 nitrogen and oxygen atoms in total. The summed E-state index contributed by atoms with van der Waals surface area (Å²) in [5.74, 6) is -0.0572. The number of morpholine rings is 1. The topological polar surface area (TPSA) is 89.0 Å². The number of ether oxygens (including phenoxy) is 3. The van der Waals surface area contributed by atoms with Crippen LogP contribution in [-0.2, 0) is 17.8 Å². The molecular weight excluding hydrogens is 568 g/mol. The van der Waals surface area contributed by atoms with Crippen molar-refractivity contribution in [2.75, 3.05) is 44.2 Å². The van der Waals surface area contributed by atoms with Gasteiger partial charge in [0.05, 0.1) is 86.1 Å². The molecule has 0 radical (unpaired) electrons. The maximum absolute atomic E-state index is 14.9. The molecule has 2 fully saturated rings. The van der Waals surface area contributed by atoms with Gasteiger partial charge in [-0.25, -0.2) is 18.7 Å². The highest BCUT2D eigenvalue weighted by atomic mass is 19.1. The Morgan fingerprint density at radius 1 is 1.02 bits per heavy atom. The van der Waals surface area contributed by atoms with Crippen LogP contribution in [0.4, 0.5) is 26.0 Å². The zero-order chi connectivity index (χ0) is 30.4. The minimum atomic E-state index is -0.741. The number of halogens is 2.